The maximum atomic E-state index is 12.4. The molecule has 1 atom stereocenters. The highest BCUT2D eigenvalue weighted by atomic mass is 16.2. The Morgan fingerprint density at radius 2 is 1.84 bits per heavy atom. The first-order chi connectivity index (χ1) is 8.95. The molecule has 104 valence electrons. The molecule has 19 heavy (non-hydrogen) atoms. The van der Waals surface area contributed by atoms with Gasteiger partial charge in [-0.25, -0.2) is 4.79 Å². The molecule has 1 heterocycles. The van der Waals surface area contributed by atoms with Crippen molar-refractivity contribution in [3.05, 3.63) is 28.8 Å². The van der Waals surface area contributed by atoms with Crippen molar-refractivity contribution in [1.82, 2.24) is 10.2 Å². The van der Waals surface area contributed by atoms with Crippen LogP contribution in [0, 0.1) is 20.8 Å². The molecule has 1 aliphatic rings. The maximum Gasteiger partial charge on any atom is 0.324 e. The van der Waals surface area contributed by atoms with Gasteiger partial charge in [0.25, 0.3) is 0 Å². The first kappa shape index (κ1) is 13.9. The van der Waals surface area contributed by atoms with E-state index in [1.807, 2.05) is 23.9 Å². The molecule has 1 unspecified atom stereocenters. The lowest BCUT2D eigenvalue weighted by atomic mass is 10.0. The molecule has 0 radical (unpaired) electrons. The Labute approximate surface area is 115 Å². The smallest absolute Gasteiger partial charge is 0.321 e. The number of carbonyl (C=O) groups excluding carboxylic acids is 1. The summed E-state index contributed by atoms with van der Waals surface area (Å²) in [6.45, 7) is 7.82. The SMILES string of the molecule is CNCC1CN(c2c(C)cc(C)cc2C)C(=O)N1C. The second kappa shape index (κ2) is 5.21. The molecule has 0 aliphatic carbocycles. The van der Waals surface area contributed by atoms with Gasteiger partial charge in [-0.15, -0.1) is 0 Å². The van der Waals surface area contributed by atoms with Crippen molar-refractivity contribution in [3.63, 3.8) is 0 Å². The molecule has 0 spiro atoms. The summed E-state index contributed by atoms with van der Waals surface area (Å²) in [6, 6.07) is 4.61. The van der Waals surface area contributed by atoms with E-state index in [-0.39, 0.29) is 12.1 Å². The molecule has 1 N–H and O–H groups in total. The van der Waals surface area contributed by atoms with Crippen molar-refractivity contribution in [2.75, 3.05) is 32.1 Å². The van der Waals surface area contributed by atoms with E-state index in [0.717, 1.165) is 18.8 Å². The van der Waals surface area contributed by atoms with Crippen LogP contribution >= 0.6 is 0 Å². The van der Waals surface area contributed by atoms with Crippen molar-refractivity contribution in [3.8, 4) is 0 Å². The monoisotopic (exact) mass is 261 g/mol. The van der Waals surface area contributed by atoms with Crippen molar-refractivity contribution >= 4 is 11.7 Å². The second-order valence-corrected chi connectivity index (χ2v) is 5.46. The van der Waals surface area contributed by atoms with Crippen molar-refractivity contribution in [2.24, 2.45) is 0 Å². The standard InChI is InChI=1S/C15H23N3O/c1-10-6-11(2)14(12(3)7-10)18-9-13(8-16-4)17(5)15(18)19/h6-7,13,16H,8-9H2,1-5H3. The zero-order valence-electron chi connectivity index (χ0n) is 12.4. The number of hydrogen-bond donors (Lipinski definition) is 1. The van der Waals surface area contributed by atoms with Crippen LogP contribution in [0.1, 0.15) is 16.7 Å². The van der Waals surface area contributed by atoms with E-state index in [4.69, 9.17) is 0 Å². The van der Waals surface area contributed by atoms with Gasteiger partial charge in [0.15, 0.2) is 0 Å². The molecule has 2 rings (SSSR count). The van der Waals surface area contributed by atoms with Crippen LogP contribution in [0.2, 0.25) is 0 Å². The third kappa shape index (κ3) is 2.45. The predicted molar refractivity (Wildman–Crippen MR) is 78.9 cm³/mol. The molecule has 1 fully saturated rings. The number of carbonyl (C=O) groups is 1. The van der Waals surface area contributed by atoms with E-state index in [1.165, 1.54) is 16.7 Å². The van der Waals surface area contributed by atoms with Gasteiger partial charge in [-0.2, -0.15) is 0 Å². The summed E-state index contributed by atoms with van der Waals surface area (Å²) in [6.07, 6.45) is 0. The first-order valence-electron chi connectivity index (χ1n) is 6.72. The Bertz CT molecular complexity index is 475. The van der Waals surface area contributed by atoms with Gasteiger partial charge in [0, 0.05) is 20.1 Å². The summed E-state index contributed by atoms with van der Waals surface area (Å²) in [5.41, 5.74) is 4.65. The van der Waals surface area contributed by atoms with Gasteiger partial charge in [-0.1, -0.05) is 17.7 Å². The normalized spacial score (nSPS) is 19.4. The molecule has 0 bridgehead atoms. The fourth-order valence-electron chi connectivity index (χ4n) is 2.98. The van der Waals surface area contributed by atoms with Crippen LogP contribution in [-0.2, 0) is 0 Å². The lowest BCUT2D eigenvalue weighted by Crippen LogP contribution is -2.37. The van der Waals surface area contributed by atoms with Crippen LogP contribution in [-0.4, -0.2) is 44.2 Å². The Hall–Kier alpha value is -1.55. The molecule has 1 saturated heterocycles. The summed E-state index contributed by atoms with van der Waals surface area (Å²) in [5.74, 6) is 0. The number of likely N-dealkylation sites (N-methyl/N-ethyl adjacent to an activating group) is 2. The minimum absolute atomic E-state index is 0.0929. The minimum Gasteiger partial charge on any atom is -0.321 e. The van der Waals surface area contributed by atoms with Crippen LogP contribution in [0.15, 0.2) is 12.1 Å². The number of urea groups is 1. The summed E-state index contributed by atoms with van der Waals surface area (Å²) in [4.78, 5) is 16.1. The van der Waals surface area contributed by atoms with Crippen LogP contribution in [0.4, 0.5) is 10.5 Å². The third-order valence-corrected chi connectivity index (χ3v) is 3.82. The Morgan fingerprint density at radius 3 is 2.37 bits per heavy atom. The fourth-order valence-corrected chi connectivity index (χ4v) is 2.98. The molecule has 0 saturated carbocycles. The molecule has 1 aromatic rings. The first-order valence-corrected chi connectivity index (χ1v) is 6.72. The highest BCUT2D eigenvalue weighted by Gasteiger charge is 2.36. The van der Waals surface area contributed by atoms with Gasteiger partial charge in [-0.05, 0) is 38.9 Å². The quantitative estimate of drug-likeness (QED) is 0.904. The minimum atomic E-state index is 0.0929. The Balaban J connectivity index is 2.35. The number of anilines is 1. The summed E-state index contributed by atoms with van der Waals surface area (Å²) < 4.78 is 0. The Morgan fingerprint density at radius 1 is 1.26 bits per heavy atom. The second-order valence-electron chi connectivity index (χ2n) is 5.46. The predicted octanol–water partition coefficient (Wildman–Crippen LogP) is 2.07. The fraction of sp³-hybridized carbons (Fsp3) is 0.533. The number of aryl methyl sites for hydroxylation is 3. The molecular formula is C15H23N3O. The highest BCUT2D eigenvalue weighted by Crippen LogP contribution is 2.30. The topological polar surface area (TPSA) is 35.6 Å². The van der Waals surface area contributed by atoms with E-state index < -0.39 is 0 Å². The number of hydrogen-bond acceptors (Lipinski definition) is 2. The zero-order valence-corrected chi connectivity index (χ0v) is 12.4. The van der Waals surface area contributed by atoms with Gasteiger partial charge in [0.05, 0.1) is 11.7 Å². The Kier molecular flexibility index (Phi) is 3.80. The van der Waals surface area contributed by atoms with Gasteiger partial charge < -0.3 is 10.2 Å². The number of nitrogens with one attached hydrogen (secondary N) is 1. The van der Waals surface area contributed by atoms with E-state index in [1.54, 1.807) is 0 Å². The van der Waals surface area contributed by atoms with Gasteiger partial charge in [-0.3, -0.25) is 4.90 Å². The van der Waals surface area contributed by atoms with E-state index in [2.05, 4.69) is 38.2 Å². The van der Waals surface area contributed by atoms with Crippen LogP contribution in [0.5, 0.6) is 0 Å². The van der Waals surface area contributed by atoms with E-state index in [9.17, 15) is 4.79 Å². The average molecular weight is 261 g/mol. The molecule has 4 heteroatoms. The van der Waals surface area contributed by atoms with Crippen LogP contribution in [0.3, 0.4) is 0 Å². The van der Waals surface area contributed by atoms with Crippen molar-refractivity contribution < 1.29 is 4.79 Å². The van der Waals surface area contributed by atoms with Crippen molar-refractivity contribution in [1.29, 1.82) is 0 Å². The lowest BCUT2D eigenvalue weighted by molar-refractivity contribution is 0.218. The molecule has 2 amide bonds. The number of rotatable bonds is 3. The zero-order chi connectivity index (χ0) is 14.2. The molecule has 1 aliphatic heterocycles. The number of nitrogens with zero attached hydrogens (tertiary/aromatic N) is 2. The summed E-state index contributed by atoms with van der Waals surface area (Å²) in [7, 11) is 3.80. The van der Waals surface area contributed by atoms with E-state index in [0.29, 0.717) is 0 Å². The van der Waals surface area contributed by atoms with Gasteiger partial charge >= 0.3 is 6.03 Å². The molecule has 1 aromatic carbocycles. The lowest BCUT2D eigenvalue weighted by Gasteiger charge is -2.21. The number of amides is 2. The molecule has 4 nitrogen and oxygen atoms in total. The molecular weight excluding hydrogens is 238 g/mol. The van der Waals surface area contributed by atoms with Crippen LogP contribution < -0.4 is 10.2 Å². The van der Waals surface area contributed by atoms with Gasteiger partial charge in [0.1, 0.15) is 0 Å². The van der Waals surface area contributed by atoms with Gasteiger partial charge in [0.2, 0.25) is 0 Å². The summed E-state index contributed by atoms with van der Waals surface area (Å²) >= 11 is 0. The third-order valence-electron chi connectivity index (χ3n) is 3.82. The number of benzene rings is 1. The molecule has 0 aromatic heterocycles. The summed E-state index contributed by atoms with van der Waals surface area (Å²) in [5, 5.41) is 3.15. The van der Waals surface area contributed by atoms with E-state index >= 15 is 0 Å². The average Bonchev–Trinajstić information content (AvgIpc) is 2.57. The van der Waals surface area contributed by atoms with Crippen LogP contribution in [0.25, 0.3) is 0 Å². The maximum absolute atomic E-state index is 12.4. The largest absolute Gasteiger partial charge is 0.324 e. The van der Waals surface area contributed by atoms with Crippen molar-refractivity contribution in [2.45, 2.75) is 26.8 Å². The highest BCUT2D eigenvalue weighted by molar-refractivity contribution is 5.96.